The number of rotatable bonds is 7. The first-order valence-electron chi connectivity index (χ1n) is 7.44. The first-order valence-corrected chi connectivity index (χ1v) is 7.44. The summed E-state index contributed by atoms with van der Waals surface area (Å²) >= 11 is 0. The molecule has 1 fully saturated rings. The Balaban J connectivity index is 1.55. The van der Waals surface area contributed by atoms with Crippen molar-refractivity contribution in [1.82, 2.24) is 10.2 Å². The molecular formula is C16H26N2O. The van der Waals surface area contributed by atoms with Crippen LogP contribution in [0.25, 0.3) is 0 Å². The van der Waals surface area contributed by atoms with Gasteiger partial charge in [0.15, 0.2) is 0 Å². The molecule has 1 aliphatic heterocycles. The fraction of sp³-hybridized carbons (Fsp3) is 0.625. The second-order valence-electron chi connectivity index (χ2n) is 5.40. The molecule has 1 N–H and O–H groups in total. The van der Waals surface area contributed by atoms with Gasteiger partial charge in [-0.3, -0.25) is 0 Å². The summed E-state index contributed by atoms with van der Waals surface area (Å²) in [6.07, 6.45) is 5.33. The average Bonchev–Trinajstić information content (AvgIpc) is 2.47. The quantitative estimate of drug-likeness (QED) is 0.817. The Morgan fingerprint density at radius 3 is 2.79 bits per heavy atom. The van der Waals surface area contributed by atoms with Crippen molar-refractivity contribution in [1.29, 1.82) is 0 Å². The topological polar surface area (TPSA) is 24.5 Å². The van der Waals surface area contributed by atoms with Gasteiger partial charge in [0.05, 0.1) is 0 Å². The lowest BCUT2D eigenvalue weighted by Crippen LogP contribution is -2.37. The predicted molar refractivity (Wildman–Crippen MR) is 79.7 cm³/mol. The van der Waals surface area contributed by atoms with E-state index in [9.17, 15) is 0 Å². The van der Waals surface area contributed by atoms with E-state index in [1.165, 1.54) is 32.2 Å². The van der Waals surface area contributed by atoms with Crippen LogP contribution in [0.1, 0.15) is 25.7 Å². The molecule has 1 aliphatic rings. The number of likely N-dealkylation sites (N-methyl/N-ethyl adjacent to an activating group) is 1. The van der Waals surface area contributed by atoms with Crippen LogP contribution >= 0.6 is 0 Å². The molecule has 0 bridgehead atoms. The highest BCUT2D eigenvalue weighted by Crippen LogP contribution is 2.11. The Morgan fingerprint density at radius 2 is 2.05 bits per heavy atom. The van der Waals surface area contributed by atoms with E-state index in [0.717, 1.165) is 31.5 Å². The highest BCUT2D eigenvalue weighted by Gasteiger charge is 2.12. The van der Waals surface area contributed by atoms with Crippen molar-refractivity contribution in [2.45, 2.75) is 31.7 Å². The maximum Gasteiger partial charge on any atom is 0.119 e. The number of hydrogen-bond acceptors (Lipinski definition) is 3. The minimum Gasteiger partial charge on any atom is -0.492 e. The van der Waals surface area contributed by atoms with E-state index in [2.05, 4.69) is 17.3 Å². The van der Waals surface area contributed by atoms with Gasteiger partial charge in [-0.2, -0.15) is 0 Å². The summed E-state index contributed by atoms with van der Waals surface area (Å²) in [5.41, 5.74) is 0. The highest BCUT2D eigenvalue weighted by molar-refractivity contribution is 5.20. The lowest BCUT2D eigenvalue weighted by Gasteiger charge is -2.25. The Kier molecular flexibility index (Phi) is 6.18. The molecule has 1 aromatic rings. The Morgan fingerprint density at radius 1 is 1.21 bits per heavy atom. The molecule has 0 saturated carbocycles. The van der Waals surface area contributed by atoms with Crippen LogP contribution in [-0.4, -0.2) is 44.2 Å². The fourth-order valence-electron chi connectivity index (χ4n) is 2.49. The van der Waals surface area contributed by atoms with E-state index < -0.39 is 0 Å². The van der Waals surface area contributed by atoms with Crippen molar-refractivity contribution in [3.63, 3.8) is 0 Å². The van der Waals surface area contributed by atoms with Crippen LogP contribution in [0.5, 0.6) is 5.75 Å². The Hall–Kier alpha value is -1.06. The molecule has 1 unspecified atom stereocenters. The number of nitrogens with one attached hydrogen (secondary N) is 1. The van der Waals surface area contributed by atoms with Crippen molar-refractivity contribution < 1.29 is 4.74 Å². The summed E-state index contributed by atoms with van der Waals surface area (Å²) in [5, 5.41) is 3.60. The van der Waals surface area contributed by atoms with Crippen LogP contribution in [-0.2, 0) is 0 Å². The van der Waals surface area contributed by atoms with Gasteiger partial charge in [-0.25, -0.2) is 0 Å². The third-order valence-corrected chi connectivity index (χ3v) is 3.76. The second kappa shape index (κ2) is 8.18. The van der Waals surface area contributed by atoms with E-state index >= 15 is 0 Å². The maximum absolute atomic E-state index is 5.71. The number of piperidine rings is 1. The largest absolute Gasteiger partial charge is 0.492 e. The standard InChI is InChI=1S/C16H26N2O/c1-18(12-10-15-7-5-6-11-17-15)13-14-19-16-8-3-2-4-9-16/h2-4,8-9,15,17H,5-7,10-14H2,1H3. The predicted octanol–water partition coefficient (Wildman–Crippen LogP) is 2.53. The third kappa shape index (κ3) is 5.62. The lowest BCUT2D eigenvalue weighted by atomic mass is 10.0. The zero-order valence-corrected chi connectivity index (χ0v) is 12.0. The summed E-state index contributed by atoms with van der Waals surface area (Å²) in [6, 6.07) is 10.8. The molecule has 0 radical (unpaired) electrons. The van der Waals surface area contributed by atoms with Crippen LogP contribution in [0.4, 0.5) is 0 Å². The summed E-state index contributed by atoms with van der Waals surface area (Å²) < 4.78 is 5.71. The van der Waals surface area contributed by atoms with E-state index in [-0.39, 0.29) is 0 Å². The Bertz CT molecular complexity index is 336. The molecule has 0 aliphatic carbocycles. The number of ether oxygens (including phenoxy) is 1. The molecule has 1 atom stereocenters. The molecule has 106 valence electrons. The molecule has 1 saturated heterocycles. The van der Waals surface area contributed by atoms with Crippen molar-refractivity contribution in [3.8, 4) is 5.75 Å². The molecule has 0 spiro atoms. The minimum atomic E-state index is 0.728. The van der Waals surface area contributed by atoms with Crippen LogP contribution in [0.2, 0.25) is 0 Å². The van der Waals surface area contributed by atoms with Crippen LogP contribution in [0.15, 0.2) is 30.3 Å². The lowest BCUT2D eigenvalue weighted by molar-refractivity contribution is 0.225. The molecule has 3 heteroatoms. The molecule has 0 aromatic heterocycles. The molecule has 3 nitrogen and oxygen atoms in total. The van der Waals surface area contributed by atoms with Gasteiger partial charge in [0.2, 0.25) is 0 Å². The molecular weight excluding hydrogens is 236 g/mol. The van der Waals surface area contributed by atoms with Crippen LogP contribution in [0, 0.1) is 0 Å². The van der Waals surface area contributed by atoms with Gasteiger partial charge in [-0.05, 0) is 51.5 Å². The zero-order chi connectivity index (χ0) is 13.3. The SMILES string of the molecule is CN(CCOc1ccccc1)CCC1CCCCN1. The highest BCUT2D eigenvalue weighted by atomic mass is 16.5. The number of nitrogens with zero attached hydrogens (tertiary/aromatic N) is 1. The van der Waals surface area contributed by atoms with Crippen LogP contribution < -0.4 is 10.1 Å². The van der Waals surface area contributed by atoms with Crippen molar-refractivity contribution in [2.75, 3.05) is 33.3 Å². The van der Waals surface area contributed by atoms with Gasteiger partial charge in [0, 0.05) is 12.6 Å². The first-order chi connectivity index (χ1) is 9.34. The average molecular weight is 262 g/mol. The number of para-hydroxylation sites is 1. The summed E-state index contributed by atoms with van der Waals surface area (Å²) in [5.74, 6) is 0.963. The van der Waals surface area contributed by atoms with Gasteiger partial charge in [-0.1, -0.05) is 24.6 Å². The molecule has 1 aromatic carbocycles. The summed E-state index contributed by atoms with van der Waals surface area (Å²) in [6.45, 7) is 4.10. The van der Waals surface area contributed by atoms with E-state index in [1.54, 1.807) is 0 Å². The second-order valence-corrected chi connectivity index (χ2v) is 5.40. The third-order valence-electron chi connectivity index (χ3n) is 3.76. The number of benzene rings is 1. The van der Waals surface area contributed by atoms with Gasteiger partial charge in [0.1, 0.15) is 12.4 Å². The monoisotopic (exact) mass is 262 g/mol. The summed E-state index contributed by atoms with van der Waals surface area (Å²) in [7, 11) is 2.18. The normalized spacial score (nSPS) is 19.6. The van der Waals surface area contributed by atoms with E-state index in [0.29, 0.717) is 0 Å². The van der Waals surface area contributed by atoms with Crippen molar-refractivity contribution in [2.24, 2.45) is 0 Å². The number of hydrogen-bond donors (Lipinski definition) is 1. The fourth-order valence-corrected chi connectivity index (χ4v) is 2.49. The van der Waals surface area contributed by atoms with Gasteiger partial charge >= 0.3 is 0 Å². The smallest absolute Gasteiger partial charge is 0.119 e. The van der Waals surface area contributed by atoms with E-state index in [4.69, 9.17) is 4.74 Å². The Labute approximate surface area is 116 Å². The zero-order valence-electron chi connectivity index (χ0n) is 12.0. The van der Waals surface area contributed by atoms with Crippen LogP contribution in [0.3, 0.4) is 0 Å². The van der Waals surface area contributed by atoms with Crippen molar-refractivity contribution >= 4 is 0 Å². The van der Waals surface area contributed by atoms with E-state index in [1.807, 2.05) is 30.3 Å². The summed E-state index contributed by atoms with van der Waals surface area (Å²) in [4.78, 5) is 2.36. The van der Waals surface area contributed by atoms with Gasteiger partial charge in [-0.15, -0.1) is 0 Å². The molecule has 0 amide bonds. The van der Waals surface area contributed by atoms with Gasteiger partial charge < -0.3 is 15.0 Å². The molecule has 1 heterocycles. The molecule has 19 heavy (non-hydrogen) atoms. The minimum absolute atomic E-state index is 0.728. The maximum atomic E-state index is 5.71. The molecule has 2 rings (SSSR count). The van der Waals surface area contributed by atoms with Crippen molar-refractivity contribution in [3.05, 3.63) is 30.3 Å². The van der Waals surface area contributed by atoms with Gasteiger partial charge in [0.25, 0.3) is 0 Å². The first kappa shape index (κ1) is 14.4.